The van der Waals surface area contributed by atoms with Crippen LogP contribution >= 0.6 is 0 Å². The third kappa shape index (κ3) is 8.22. The van der Waals surface area contributed by atoms with Crippen LogP contribution in [0.4, 0.5) is 0 Å². The molecule has 0 spiro atoms. The van der Waals surface area contributed by atoms with Crippen molar-refractivity contribution in [1.82, 2.24) is 0 Å². The van der Waals surface area contributed by atoms with Crippen molar-refractivity contribution in [2.75, 3.05) is 0 Å². The van der Waals surface area contributed by atoms with E-state index in [2.05, 4.69) is 189 Å². The molecule has 328 valence electrons. The Morgan fingerprint density at radius 1 is 0.397 bits per heavy atom. The summed E-state index contributed by atoms with van der Waals surface area (Å²) in [5.74, 6) is 0. The van der Waals surface area contributed by atoms with Crippen molar-refractivity contribution >= 4 is 33.7 Å². The van der Waals surface area contributed by atoms with Crippen LogP contribution in [0.15, 0.2) is 132 Å². The summed E-state index contributed by atoms with van der Waals surface area (Å²) >= 11 is -6.89. The number of hydrogen-bond acceptors (Lipinski definition) is 0. The maximum atomic E-state index is 3.02. The van der Waals surface area contributed by atoms with Crippen molar-refractivity contribution < 1.29 is 40.5 Å². The summed E-state index contributed by atoms with van der Waals surface area (Å²) in [6, 6.07) is 47.2. The van der Waals surface area contributed by atoms with Gasteiger partial charge in [-0.3, -0.25) is 0 Å². The first-order valence-electron chi connectivity index (χ1n) is 25.4. The summed E-state index contributed by atoms with van der Waals surface area (Å²) in [5.41, 5.74) is 15.8. The molecule has 2 aliphatic rings. The summed E-state index contributed by atoms with van der Waals surface area (Å²) in [6.07, 6.45) is 18.6. The van der Waals surface area contributed by atoms with Gasteiger partial charge in [0.05, 0.1) is 0 Å². The molecule has 0 bridgehead atoms. The van der Waals surface area contributed by atoms with Crippen molar-refractivity contribution in [2.45, 2.75) is 144 Å². The fourth-order valence-electron chi connectivity index (χ4n) is 13.5. The zero-order chi connectivity index (χ0) is 44.2. The summed E-state index contributed by atoms with van der Waals surface area (Å²) < 4.78 is 7.78. The van der Waals surface area contributed by atoms with E-state index in [-0.39, 0.29) is 0 Å². The average molecular weight is 992 g/mol. The predicted octanol–water partition coefficient (Wildman–Crippen LogP) is 20.1. The topological polar surface area (TPSA) is 0 Å². The molecule has 0 heterocycles. The van der Waals surface area contributed by atoms with Gasteiger partial charge < -0.3 is 0 Å². The summed E-state index contributed by atoms with van der Waals surface area (Å²) in [4.78, 5) is 0. The molecule has 0 N–H and O–H groups in total. The molecule has 8 rings (SSSR count). The Hall–Kier alpha value is -2.91. The Morgan fingerprint density at radius 3 is 1.10 bits per heavy atom. The van der Waals surface area contributed by atoms with Crippen molar-refractivity contribution in [3.05, 3.63) is 155 Å². The summed E-state index contributed by atoms with van der Waals surface area (Å²) in [7, 11) is 0. The first-order chi connectivity index (χ1) is 30.7. The fourth-order valence-corrected chi connectivity index (χ4v) is 74.3. The molecule has 0 nitrogen and oxygen atoms in total. The van der Waals surface area contributed by atoms with E-state index in [4.69, 9.17) is 0 Å². The normalized spacial score (nSPS) is 16.4. The standard InChI is InChI=1S/2C21H17.4C4H9.C3H6.2Zr/c2*1-2-15-13-17-9-6-12-20(21(17)14-15)19-11-5-8-16-7-3-4-10-18(16)19;4*1-3-4-2;1-3-2;;/h2*3-14H,2H2,1H3;4*1,3-4H2,2H3;1-2H3;;. The van der Waals surface area contributed by atoms with E-state index in [0.717, 1.165) is 12.8 Å². The number of hydrogen-bond donors (Lipinski definition) is 0. The van der Waals surface area contributed by atoms with Crippen LogP contribution in [0.25, 0.3) is 56.0 Å². The van der Waals surface area contributed by atoms with E-state index in [1.54, 1.807) is 33.4 Å². The first kappa shape index (κ1) is 46.6. The third-order valence-corrected chi connectivity index (χ3v) is 64.5. The van der Waals surface area contributed by atoms with Crippen LogP contribution in [0.2, 0.25) is 17.3 Å². The fraction of sp³-hybridized carbons (Fsp3) is 0.410. The van der Waals surface area contributed by atoms with Gasteiger partial charge in [-0.25, -0.2) is 0 Å². The molecular formula is C61H76Zr2. The Bertz CT molecular complexity index is 2400. The van der Waals surface area contributed by atoms with Gasteiger partial charge in [-0.15, -0.1) is 0 Å². The Morgan fingerprint density at radius 2 is 0.730 bits per heavy atom. The summed E-state index contributed by atoms with van der Waals surface area (Å²) in [5, 5.41) is 5.44. The maximum absolute atomic E-state index is 3.44. The van der Waals surface area contributed by atoms with E-state index in [0.29, 0.717) is 8.08 Å². The van der Waals surface area contributed by atoms with Crippen LogP contribution in [-0.4, -0.2) is 0 Å². The second-order valence-corrected chi connectivity index (χ2v) is 48.3. The van der Waals surface area contributed by atoms with Gasteiger partial charge in [0.15, 0.2) is 0 Å². The summed E-state index contributed by atoms with van der Waals surface area (Å²) in [6.45, 7) is 21.0. The van der Waals surface area contributed by atoms with Crippen molar-refractivity contribution in [2.24, 2.45) is 0 Å². The molecule has 0 saturated carbocycles. The molecule has 2 atom stereocenters. The first-order valence-corrected chi connectivity index (χ1v) is 37.6. The van der Waals surface area contributed by atoms with Gasteiger partial charge in [-0.05, 0) is 0 Å². The number of fused-ring (bicyclic) bond motifs is 4. The number of rotatable bonds is 20. The second kappa shape index (κ2) is 20.3. The molecule has 6 aromatic rings. The van der Waals surface area contributed by atoms with Gasteiger partial charge >= 0.3 is 395 Å². The van der Waals surface area contributed by atoms with Crippen molar-refractivity contribution in [3.8, 4) is 22.3 Å². The molecule has 63 heavy (non-hydrogen) atoms. The molecule has 0 fully saturated rings. The number of allylic oxidation sites excluding steroid dienone is 2. The quantitative estimate of drug-likeness (QED) is 0.0715. The molecule has 0 radical (unpaired) electrons. The number of unbranched alkanes of at least 4 members (excludes halogenated alkanes) is 4. The van der Waals surface area contributed by atoms with Gasteiger partial charge in [0.1, 0.15) is 0 Å². The SMILES string of the molecule is CCC[CH2][Zr]([CH2]CCC)([CH]1C(CC)=Cc2c(-c3cccc4ccccc34)cccc21)[C](C)(C)[Zr]([CH2]CCC)([CH2]CCC)[CH]1C(CC)=Cc2c(-c3cccc4ccccc34)cccc21. The second-order valence-electron chi connectivity index (χ2n) is 20.0. The van der Waals surface area contributed by atoms with Crippen molar-refractivity contribution in [1.29, 1.82) is 0 Å². The van der Waals surface area contributed by atoms with Crippen LogP contribution in [-0.2, 0) is 40.5 Å². The predicted molar refractivity (Wildman–Crippen MR) is 274 cm³/mol. The van der Waals surface area contributed by atoms with E-state index in [1.807, 2.05) is 0 Å². The van der Waals surface area contributed by atoms with Crippen LogP contribution < -0.4 is 0 Å². The molecule has 2 aliphatic carbocycles. The van der Waals surface area contributed by atoms with Gasteiger partial charge in [0, 0.05) is 0 Å². The molecule has 0 aromatic heterocycles. The average Bonchev–Trinajstić information content (AvgIpc) is 3.91. The van der Waals surface area contributed by atoms with Crippen molar-refractivity contribution in [3.63, 3.8) is 0 Å². The molecule has 2 heteroatoms. The Kier molecular flexibility index (Phi) is 15.0. The van der Waals surface area contributed by atoms with Crippen LogP contribution in [0.3, 0.4) is 0 Å². The zero-order valence-corrected chi connectivity index (χ0v) is 45.2. The van der Waals surface area contributed by atoms with Crippen LogP contribution in [0.1, 0.15) is 149 Å². The molecule has 2 unspecified atom stereocenters. The van der Waals surface area contributed by atoms with E-state index >= 15 is 0 Å². The molecule has 0 amide bonds. The van der Waals surface area contributed by atoms with Gasteiger partial charge in [-0.1, -0.05) is 0 Å². The van der Waals surface area contributed by atoms with E-state index in [9.17, 15) is 0 Å². The van der Waals surface area contributed by atoms with E-state index < -0.39 is 40.5 Å². The zero-order valence-electron chi connectivity index (χ0n) is 40.3. The van der Waals surface area contributed by atoms with Gasteiger partial charge in [-0.2, -0.15) is 0 Å². The monoisotopic (exact) mass is 988 g/mol. The van der Waals surface area contributed by atoms with Crippen LogP contribution in [0, 0.1) is 0 Å². The van der Waals surface area contributed by atoms with Gasteiger partial charge in [0.25, 0.3) is 0 Å². The molecule has 0 saturated heterocycles. The molecule has 0 aliphatic heterocycles. The Balaban J connectivity index is 1.39. The van der Waals surface area contributed by atoms with E-state index in [1.165, 1.54) is 112 Å². The minimum absolute atomic E-state index is 0.407. The number of benzene rings is 6. The molecular weight excluding hydrogens is 915 g/mol. The third-order valence-electron chi connectivity index (χ3n) is 16.8. The molecule has 6 aromatic carbocycles. The van der Waals surface area contributed by atoms with Gasteiger partial charge in [0.2, 0.25) is 0 Å². The van der Waals surface area contributed by atoms with Crippen LogP contribution in [0.5, 0.6) is 0 Å². The minimum atomic E-state index is -3.44. The Labute approximate surface area is 391 Å².